The zero-order chi connectivity index (χ0) is 21.0. The predicted molar refractivity (Wildman–Crippen MR) is 106 cm³/mol. The van der Waals surface area contributed by atoms with Crippen LogP contribution in [0.1, 0.15) is 19.2 Å². The van der Waals surface area contributed by atoms with E-state index in [2.05, 4.69) is 10.2 Å². The number of nitrogens with zero attached hydrogens (tertiary/aromatic N) is 4. The molecular weight excluding hydrogens is 421 g/mol. The fourth-order valence-electron chi connectivity index (χ4n) is 3.08. The Morgan fingerprint density at radius 3 is 2.83 bits per heavy atom. The molecule has 2 N–H and O–H groups in total. The van der Waals surface area contributed by atoms with Gasteiger partial charge in [-0.25, -0.2) is 17.5 Å². The van der Waals surface area contributed by atoms with E-state index >= 15 is 0 Å². The van der Waals surface area contributed by atoms with Crippen molar-refractivity contribution in [2.45, 2.75) is 31.1 Å². The normalized spacial score (nSPS) is 17.9. The van der Waals surface area contributed by atoms with Gasteiger partial charge in [0.2, 0.25) is 11.1 Å². The van der Waals surface area contributed by atoms with Crippen LogP contribution >= 0.6 is 11.8 Å². The molecule has 1 aromatic heterocycles. The number of hydrogen-bond acceptors (Lipinski definition) is 8. The average Bonchev–Trinajstić information content (AvgIpc) is 3.22. The largest absolute Gasteiger partial charge is 0.482 e. The second-order valence-electron chi connectivity index (χ2n) is 6.51. The minimum Gasteiger partial charge on any atom is -0.482 e. The van der Waals surface area contributed by atoms with Crippen LogP contribution in [0.15, 0.2) is 29.4 Å². The molecule has 0 radical (unpaired) electrons. The van der Waals surface area contributed by atoms with Gasteiger partial charge in [-0.2, -0.15) is 0 Å². The maximum Gasteiger partial charge on any atom is 0.233 e. The molecule has 12 heteroatoms. The van der Waals surface area contributed by atoms with Crippen molar-refractivity contribution < 1.29 is 22.3 Å². The first-order valence-electron chi connectivity index (χ1n) is 9.00. The van der Waals surface area contributed by atoms with Crippen LogP contribution in [0, 0.1) is 5.82 Å². The number of carbonyl (C=O) groups is 1. The first-order chi connectivity index (χ1) is 13.8. The highest BCUT2D eigenvalue weighted by Crippen LogP contribution is 2.21. The van der Waals surface area contributed by atoms with Gasteiger partial charge < -0.3 is 15.5 Å². The maximum atomic E-state index is 13.6. The van der Waals surface area contributed by atoms with Crippen LogP contribution in [0.2, 0.25) is 0 Å². The lowest BCUT2D eigenvalue weighted by Gasteiger charge is -2.26. The number of amides is 1. The van der Waals surface area contributed by atoms with Crippen LogP contribution in [0.25, 0.3) is 0 Å². The van der Waals surface area contributed by atoms with Crippen LogP contribution in [-0.4, -0.2) is 63.9 Å². The second kappa shape index (κ2) is 8.99. The van der Waals surface area contributed by atoms with E-state index in [9.17, 15) is 17.6 Å². The average molecular weight is 444 g/mol. The summed E-state index contributed by atoms with van der Waals surface area (Å²) in [5.41, 5.74) is 0. The molecule has 2 aromatic rings. The maximum absolute atomic E-state index is 13.6. The molecule has 0 unspecified atom stereocenters. The van der Waals surface area contributed by atoms with Gasteiger partial charge in [-0.05, 0) is 25.5 Å². The van der Waals surface area contributed by atoms with Crippen LogP contribution < -0.4 is 10.6 Å². The number of nitrogen functional groups attached to an aromatic ring is 1. The van der Waals surface area contributed by atoms with E-state index in [0.717, 1.165) is 11.8 Å². The number of hydrogen-bond donors (Lipinski definition) is 1. The number of rotatable bonds is 8. The molecule has 1 aliphatic heterocycles. The molecule has 9 nitrogen and oxygen atoms in total. The summed E-state index contributed by atoms with van der Waals surface area (Å²) in [6.45, 7) is 2.16. The van der Waals surface area contributed by atoms with E-state index in [1.54, 1.807) is 17.0 Å². The third-order valence-electron chi connectivity index (χ3n) is 4.56. The molecule has 0 bridgehead atoms. The first-order valence-corrected chi connectivity index (χ1v) is 11.8. The smallest absolute Gasteiger partial charge is 0.233 e. The van der Waals surface area contributed by atoms with Gasteiger partial charge in [-0.3, -0.25) is 4.79 Å². The van der Waals surface area contributed by atoms with Crippen molar-refractivity contribution in [1.29, 1.82) is 0 Å². The van der Waals surface area contributed by atoms with Crippen molar-refractivity contribution in [2.75, 3.05) is 29.6 Å². The minimum absolute atomic E-state index is 0.00184. The summed E-state index contributed by atoms with van der Waals surface area (Å²) < 4.78 is 43.5. The first kappa shape index (κ1) is 21.4. The van der Waals surface area contributed by atoms with Gasteiger partial charge in [0.05, 0.1) is 17.3 Å². The molecule has 0 saturated carbocycles. The Kier molecular flexibility index (Phi) is 6.63. The minimum atomic E-state index is -3.07. The predicted octanol–water partition coefficient (Wildman–Crippen LogP) is 0.838. The van der Waals surface area contributed by atoms with Gasteiger partial charge >= 0.3 is 0 Å². The summed E-state index contributed by atoms with van der Waals surface area (Å²) in [5.74, 6) is 5.78. The standard InChI is InChI=1S/C17H22FN5O4S2/c1-2-22(12-7-8-29(25,26)11-12)16(24)10-28-17-21-20-15(23(17)19)9-27-14-6-4-3-5-13(14)18/h3-6,12H,2,7-11,19H2,1H3/t12-/m0/s1. The number of sulfone groups is 1. The van der Waals surface area contributed by atoms with E-state index in [0.29, 0.717) is 18.1 Å². The molecule has 1 fully saturated rings. The highest BCUT2D eigenvalue weighted by molar-refractivity contribution is 7.99. The Hall–Kier alpha value is -2.34. The Morgan fingerprint density at radius 1 is 1.41 bits per heavy atom. The van der Waals surface area contributed by atoms with Crippen molar-refractivity contribution >= 4 is 27.5 Å². The third-order valence-corrected chi connectivity index (χ3v) is 7.24. The molecule has 1 saturated heterocycles. The van der Waals surface area contributed by atoms with E-state index in [-0.39, 0.29) is 47.4 Å². The van der Waals surface area contributed by atoms with Crippen molar-refractivity contribution in [1.82, 2.24) is 19.8 Å². The Morgan fingerprint density at radius 2 is 2.17 bits per heavy atom. The van der Waals surface area contributed by atoms with Gasteiger partial charge in [-0.15, -0.1) is 10.2 Å². The zero-order valence-electron chi connectivity index (χ0n) is 15.8. The summed E-state index contributed by atoms with van der Waals surface area (Å²) >= 11 is 1.10. The molecule has 1 aromatic carbocycles. The quantitative estimate of drug-likeness (QED) is 0.471. The molecule has 0 aliphatic carbocycles. The van der Waals surface area contributed by atoms with Crippen LogP contribution in [0.4, 0.5) is 4.39 Å². The topological polar surface area (TPSA) is 120 Å². The number of halogens is 1. The van der Waals surface area contributed by atoms with Crippen LogP contribution in [-0.2, 0) is 21.2 Å². The van der Waals surface area contributed by atoms with Crippen molar-refractivity contribution in [3.05, 3.63) is 35.9 Å². The Bertz CT molecular complexity index is 982. The van der Waals surface area contributed by atoms with Gasteiger partial charge in [0.1, 0.15) is 6.61 Å². The second-order valence-corrected chi connectivity index (χ2v) is 9.68. The van der Waals surface area contributed by atoms with Crippen molar-refractivity contribution in [3.63, 3.8) is 0 Å². The van der Waals surface area contributed by atoms with Crippen molar-refractivity contribution in [3.8, 4) is 5.75 Å². The SMILES string of the molecule is CCN(C(=O)CSc1nnc(COc2ccccc2F)n1N)[C@H]1CCS(=O)(=O)C1. The van der Waals surface area contributed by atoms with E-state index < -0.39 is 15.7 Å². The van der Waals surface area contributed by atoms with Crippen LogP contribution in [0.5, 0.6) is 5.75 Å². The van der Waals surface area contributed by atoms with Gasteiger partial charge in [0.15, 0.2) is 27.2 Å². The lowest BCUT2D eigenvalue weighted by Crippen LogP contribution is -2.42. The Labute approximate surface area is 172 Å². The monoisotopic (exact) mass is 443 g/mol. The number of thioether (sulfide) groups is 1. The highest BCUT2D eigenvalue weighted by atomic mass is 32.2. The lowest BCUT2D eigenvalue weighted by molar-refractivity contribution is -0.129. The van der Waals surface area contributed by atoms with Crippen molar-refractivity contribution in [2.24, 2.45) is 0 Å². The number of aromatic nitrogens is 3. The molecular formula is C17H22FN5O4S2. The summed E-state index contributed by atoms with van der Waals surface area (Å²) in [4.78, 5) is 14.1. The zero-order valence-corrected chi connectivity index (χ0v) is 17.5. The molecule has 3 rings (SSSR count). The number of carbonyl (C=O) groups excluding carboxylic acids is 1. The van der Waals surface area contributed by atoms with E-state index in [4.69, 9.17) is 10.6 Å². The summed E-state index contributed by atoms with van der Waals surface area (Å²) in [6.07, 6.45) is 0.456. The summed E-state index contributed by atoms with van der Waals surface area (Å²) in [5, 5.41) is 8.16. The van der Waals surface area contributed by atoms with Gasteiger partial charge in [-0.1, -0.05) is 23.9 Å². The fraction of sp³-hybridized carbons (Fsp3) is 0.471. The number of para-hydroxylation sites is 1. The third kappa shape index (κ3) is 5.18. The molecule has 0 spiro atoms. The van der Waals surface area contributed by atoms with Crippen LogP contribution in [0.3, 0.4) is 0 Å². The number of nitrogens with two attached hydrogens (primary N) is 1. The number of ether oxygens (including phenoxy) is 1. The summed E-state index contributed by atoms with van der Waals surface area (Å²) in [7, 11) is -3.07. The van der Waals surface area contributed by atoms with E-state index in [1.807, 2.05) is 6.92 Å². The molecule has 29 heavy (non-hydrogen) atoms. The molecule has 2 heterocycles. The highest BCUT2D eigenvalue weighted by Gasteiger charge is 2.33. The summed E-state index contributed by atoms with van der Waals surface area (Å²) in [6, 6.07) is 5.68. The fourth-order valence-corrected chi connectivity index (χ4v) is 5.57. The molecule has 1 atom stereocenters. The number of benzene rings is 1. The molecule has 1 amide bonds. The van der Waals surface area contributed by atoms with Gasteiger partial charge in [0.25, 0.3) is 0 Å². The molecule has 1 aliphatic rings. The molecule has 158 valence electrons. The Balaban J connectivity index is 1.57. The van der Waals surface area contributed by atoms with Gasteiger partial charge in [0, 0.05) is 12.6 Å². The lowest BCUT2D eigenvalue weighted by atomic mass is 10.2. The van der Waals surface area contributed by atoms with E-state index in [1.165, 1.54) is 16.8 Å².